The Labute approximate surface area is 141 Å². The maximum Gasteiger partial charge on any atom is 0.0991 e. The molecule has 0 aromatic heterocycles. The van der Waals surface area contributed by atoms with E-state index in [0.717, 1.165) is 12.2 Å². The summed E-state index contributed by atoms with van der Waals surface area (Å²) in [7, 11) is 0. The Kier molecular flexibility index (Phi) is 7.90. The number of unbranched alkanes of at least 4 members (excludes halogenated alkanes) is 3. The molecule has 1 aromatic carbocycles. The van der Waals surface area contributed by atoms with Crippen LogP contribution < -0.4 is 0 Å². The van der Waals surface area contributed by atoms with Crippen LogP contribution in [0.4, 0.5) is 0 Å². The van der Waals surface area contributed by atoms with Gasteiger partial charge in [0.1, 0.15) is 0 Å². The van der Waals surface area contributed by atoms with Gasteiger partial charge in [-0.1, -0.05) is 30.7 Å². The van der Waals surface area contributed by atoms with E-state index < -0.39 is 0 Å². The molecule has 0 N–H and O–H groups in total. The first-order valence-electron chi connectivity index (χ1n) is 9.06. The van der Waals surface area contributed by atoms with Gasteiger partial charge in [0.2, 0.25) is 0 Å². The molecule has 2 nitrogen and oxygen atoms in total. The Bertz CT molecular complexity index is 504. The highest BCUT2D eigenvalue weighted by Crippen LogP contribution is 2.34. The van der Waals surface area contributed by atoms with Gasteiger partial charge in [0, 0.05) is 6.61 Å². The minimum Gasteiger partial charge on any atom is -0.378 e. The van der Waals surface area contributed by atoms with Gasteiger partial charge in [0.15, 0.2) is 0 Å². The van der Waals surface area contributed by atoms with Crippen LogP contribution in [-0.4, -0.2) is 12.7 Å². The van der Waals surface area contributed by atoms with Crippen molar-refractivity contribution in [1.29, 1.82) is 5.26 Å². The number of nitrogens with zero attached hydrogens (tertiary/aromatic N) is 1. The molecule has 1 aromatic rings. The van der Waals surface area contributed by atoms with E-state index in [2.05, 4.69) is 37.3 Å². The van der Waals surface area contributed by atoms with Crippen molar-refractivity contribution in [1.82, 2.24) is 0 Å². The molecule has 1 saturated carbocycles. The van der Waals surface area contributed by atoms with Gasteiger partial charge in [-0.3, -0.25) is 0 Å². The van der Waals surface area contributed by atoms with Crippen LogP contribution >= 0.6 is 0 Å². The number of hydrogen-bond donors (Lipinski definition) is 0. The maximum absolute atomic E-state index is 8.87. The average molecular weight is 311 g/mol. The van der Waals surface area contributed by atoms with Gasteiger partial charge < -0.3 is 4.74 Å². The van der Waals surface area contributed by atoms with E-state index in [-0.39, 0.29) is 0 Å². The third-order valence-corrected chi connectivity index (χ3v) is 4.79. The molecule has 1 aliphatic carbocycles. The van der Waals surface area contributed by atoms with E-state index in [1.54, 1.807) is 0 Å². The van der Waals surface area contributed by atoms with Gasteiger partial charge in [-0.25, -0.2) is 0 Å². The minimum atomic E-state index is 0.458. The zero-order valence-electron chi connectivity index (χ0n) is 14.3. The Morgan fingerprint density at radius 3 is 2.48 bits per heavy atom. The molecular formula is C21H29NO. The first-order chi connectivity index (χ1) is 11.3. The van der Waals surface area contributed by atoms with Crippen molar-refractivity contribution in [3.63, 3.8) is 0 Å². The summed E-state index contributed by atoms with van der Waals surface area (Å²) in [6, 6.07) is 10.3. The van der Waals surface area contributed by atoms with E-state index in [9.17, 15) is 0 Å². The smallest absolute Gasteiger partial charge is 0.0991 e. The van der Waals surface area contributed by atoms with Crippen LogP contribution in [0.3, 0.4) is 0 Å². The Morgan fingerprint density at radius 2 is 1.83 bits per heavy atom. The molecule has 0 amide bonds. The van der Waals surface area contributed by atoms with Crippen LogP contribution in [0.5, 0.6) is 0 Å². The molecular weight excluding hydrogens is 282 g/mol. The average Bonchev–Trinajstić information content (AvgIpc) is 2.61. The van der Waals surface area contributed by atoms with Crippen molar-refractivity contribution in [3.05, 3.63) is 47.5 Å². The molecule has 0 radical (unpaired) electrons. The highest BCUT2D eigenvalue weighted by molar-refractivity contribution is 5.33. The molecule has 23 heavy (non-hydrogen) atoms. The SMILES string of the molecule is C/C=C/CCCCCOC1CCC(c2ccc(C#N)cc2)CC1. The summed E-state index contributed by atoms with van der Waals surface area (Å²) in [5.41, 5.74) is 2.13. The predicted molar refractivity (Wildman–Crippen MR) is 95.4 cm³/mol. The summed E-state index contributed by atoms with van der Waals surface area (Å²) in [5.74, 6) is 0.642. The van der Waals surface area contributed by atoms with Gasteiger partial charge in [-0.05, 0) is 75.5 Å². The second-order valence-corrected chi connectivity index (χ2v) is 6.50. The predicted octanol–water partition coefficient (Wildman–Crippen LogP) is 5.74. The van der Waals surface area contributed by atoms with Gasteiger partial charge in [-0.15, -0.1) is 0 Å². The molecule has 124 valence electrons. The van der Waals surface area contributed by atoms with Crippen molar-refractivity contribution in [3.8, 4) is 6.07 Å². The molecule has 0 aliphatic heterocycles. The van der Waals surface area contributed by atoms with Crippen LogP contribution in [0.25, 0.3) is 0 Å². The van der Waals surface area contributed by atoms with Crippen LogP contribution in [-0.2, 0) is 4.74 Å². The van der Waals surface area contributed by atoms with E-state index in [1.807, 2.05) is 12.1 Å². The Morgan fingerprint density at radius 1 is 1.09 bits per heavy atom. The van der Waals surface area contributed by atoms with Crippen LogP contribution in [0, 0.1) is 11.3 Å². The summed E-state index contributed by atoms with van der Waals surface area (Å²) in [6.07, 6.45) is 14.5. The summed E-state index contributed by atoms with van der Waals surface area (Å²) < 4.78 is 6.05. The Balaban J connectivity index is 1.61. The lowest BCUT2D eigenvalue weighted by Crippen LogP contribution is -2.21. The number of hydrogen-bond acceptors (Lipinski definition) is 2. The van der Waals surface area contributed by atoms with E-state index in [0.29, 0.717) is 12.0 Å². The number of rotatable bonds is 8. The van der Waals surface area contributed by atoms with Gasteiger partial charge in [0.05, 0.1) is 17.7 Å². The fraction of sp³-hybridized carbons (Fsp3) is 0.571. The van der Waals surface area contributed by atoms with E-state index in [4.69, 9.17) is 10.00 Å². The highest BCUT2D eigenvalue weighted by atomic mass is 16.5. The maximum atomic E-state index is 8.87. The second-order valence-electron chi connectivity index (χ2n) is 6.50. The number of ether oxygens (including phenoxy) is 1. The summed E-state index contributed by atoms with van der Waals surface area (Å²) in [5, 5.41) is 8.87. The molecule has 0 bridgehead atoms. The van der Waals surface area contributed by atoms with Crippen molar-refractivity contribution in [2.75, 3.05) is 6.61 Å². The van der Waals surface area contributed by atoms with Gasteiger partial charge >= 0.3 is 0 Å². The molecule has 0 heterocycles. The quantitative estimate of drug-likeness (QED) is 0.453. The first kappa shape index (κ1) is 17.8. The lowest BCUT2D eigenvalue weighted by atomic mass is 9.82. The van der Waals surface area contributed by atoms with Crippen LogP contribution in [0.1, 0.15) is 75.3 Å². The van der Waals surface area contributed by atoms with E-state index in [1.165, 1.54) is 56.9 Å². The van der Waals surface area contributed by atoms with Gasteiger partial charge in [-0.2, -0.15) is 5.26 Å². The highest BCUT2D eigenvalue weighted by Gasteiger charge is 2.22. The van der Waals surface area contributed by atoms with Crippen molar-refractivity contribution in [2.45, 2.75) is 70.3 Å². The normalized spacial score (nSPS) is 21.4. The zero-order valence-corrected chi connectivity index (χ0v) is 14.3. The third kappa shape index (κ3) is 6.20. The van der Waals surface area contributed by atoms with Crippen molar-refractivity contribution in [2.24, 2.45) is 0 Å². The lowest BCUT2D eigenvalue weighted by Gasteiger charge is -2.29. The molecule has 1 fully saturated rings. The molecule has 0 spiro atoms. The second kappa shape index (κ2) is 10.2. The summed E-state index contributed by atoms with van der Waals surface area (Å²) >= 11 is 0. The lowest BCUT2D eigenvalue weighted by molar-refractivity contribution is 0.0227. The largest absolute Gasteiger partial charge is 0.378 e. The van der Waals surface area contributed by atoms with Gasteiger partial charge in [0.25, 0.3) is 0 Å². The fourth-order valence-corrected chi connectivity index (χ4v) is 3.35. The summed E-state index contributed by atoms with van der Waals surface area (Å²) in [4.78, 5) is 0. The Hall–Kier alpha value is -1.59. The molecule has 2 rings (SSSR count). The van der Waals surface area contributed by atoms with E-state index >= 15 is 0 Å². The zero-order chi connectivity index (χ0) is 16.3. The standard InChI is InChI=1S/C21H29NO/c1-2-3-4-5-6-7-16-23-21-14-12-20(13-15-21)19-10-8-18(17-22)9-11-19/h2-3,8-11,20-21H,4-7,12-16H2,1H3/b3-2+. The summed E-state index contributed by atoms with van der Waals surface area (Å²) in [6.45, 7) is 3.00. The van der Waals surface area contributed by atoms with Crippen LogP contribution in [0.2, 0.25) is 0 Å². The first-order valence-corrected chi connectivity index (χ1v) is 9.06. The molecule has 0 unspecified atom stereocenters. The monoisotopic (exact) mass is 311 g/mol. The third-order valence-electron chi connectivity index (χ3n) is 4.79. The molecule has 0 saturated heterocycles. The molecule has 1 aliphatic rings. The van der Waals surface area contributed by atoms with Crippen LogP contribution in [0.15, 0.2) is 36.4 Å². The van der Waals surface area contributed by atoms with Crippen molar-refractivity contribution >= 4 is 0 Å². The molecule has 0 atom stereocenters. The number of allylic oxidation sites excluding steroid dienone is 2. The number of nitriles is 1. The topological polar surface area (TPSA) is 33.0 Å². The van der Waals surface area contributed by atoms with Crippen molar-refractivity contribution < 1.29 is 4.74 Å². The number of benzene rings is 1. The fourth-order valence-electron chi connectivity index (χ4n) is 3.35. The molecule has 2 heteroatoms. The minimum absolute atomic E-state index is 0.458.